The largest absolute Gasteiger partial charge is 0.302 e. The van der Waals surface area contributed by atoms with Gasteiger partial charge >= 0.3 is 0 Å². The van der Waals surface area contributed by atoms with E-state index in [0.717, 1.165) is 19.1 Å². The molecular formula is C13H14O2. The fourth-order valence-corrected chi connectivity index (χ4v) is 2.28. The van der Waals surface area contributed by atoms with Crippen LogP contribution in [0.5, 0.6) is 0 Å². The molecule has 1 aromatic carbocycles. The van der Waals surface area contributed by atoms with E-state index in [0.29, 0.717) is 18.4 Å². The lowest BCUT2D eigenvalue weighted by Gasteiger charge is -2.19. The molecule has 0 amide bonds. The normalized spacial score (nSPS) is 18.7. The molecule has 0 unspecified atom stereocenters. The minimum atomic E-state index is -0.721. The Labute approximate surface area is 89.3 Å². The van der Waals surface area contributed by atoms with E-state index in [4.69, 9.17) is 0 Å². The van der Waals surface area contributed by atoms with Gasteiger partial charge in [-0.25, -0.2) is 0 Å². The molecule has 2 heteroatoms. The SMILES string of the molecule is O=CC1(C(=O)c2ccccc2)CCCC1. The Morgan fingerprint density at radius 3 is 2.27 bits per heavy atom. The lowest BCUT2D eigenvalue weighted by Crippen LogP contribution is -2.29. The number of carbonyl (C=O) groups is 2. The topological polar surface area (TPSA) is 34.1 Å². The predicted molar refractivity (Wildman–Crippen MR) is 57.7 cm³/mol. The molecule has 78 valence electrons. The molecule has 0 aromatic heterocycles. The Bertz CT molecular complexity index is 361. The Hall–Kier alpha value is -1.44. The van der Waals surface area contributed by atoms with E-state index in [-0.39, 0.29) is 5.78 Å². The second-order valence-corrected chi connectivity index (χ2v) is 4.18. The molecule has 1 fully saturated rings. The van der Waals surface area contributed by atoms with Crippen molar-refractivity contribution < 1.29 is 9.59 Å². The number of rotatable bonds is 3. The van der Waals surface area contributed by atoms with Gasteiger partial charge in [0.2, 0.25) is 0 Å². The molecule has 0 heterocycles. The number of hydrogen-bond donors (Lipinski definition) is 0. The van der Waals surface area contributed by atoms with Gasteiger partial charge in [0.05, 0.1) is 5.41 Å². The van der Waals surface area contributed by atoms with Crippen LogP contribution >= 0.6 is 0 Å². The third-order valence-corrected chi connectivity index (χ3v) is 3.21. The summed E-state index contributed by atoms with van der Waals surface area (Å²) >= 11 is 0. The Morgan fingerprint density at radius 1 is 1.13 bits per heavy atom. The number of Topliss-reactive ketones (excluding diaryl/α,β-unsaturated/α-hetero) is 1. The van der Waals surface area contributed by atoms with E-state index in [1.54, 1.807) is 12.1 Å². The van der Waals surface area contributed by atoms with Gasteiger partial charge in [-0.15, -0.1) is 0 Å². The molecule has 1 aliphatic carbocycles. The van der Waals surface area contributed by atoms with Gasteiger partial charge in [0, 0.05) is 5.56 Å². The van der Waals surface area contributed by atoms with E-state index in [2.05, 4.69) is 0 Å². The van der Waals surface area contributed by atoms with Crippen molar-refractivity contribution in [1.82, 2.24) is 0 Å². The van der Waals surface area contributed by atoms with E-state index in [1.165, 1.54) is 0 Å². The highest BCUT2D eigenvalue weighted by molar-refractivity contribution is 6.09. The lowest BCUT2D eigenvalue weighted by molar-refractivity contribution is -0.113. The average molecular weight is 202 g/mol. The quantitative estimate of drug-likeness (QED) is 0.429. The van der Waals surface area contributed by atoms with E-state index < -0.39 is 5.41 Å². The molecule has 2 rings (SSSR count). The zero-order valence-electron chi connectivity index (χ0n) is 8.61. The summed E-state index contributed by atoms with van der Waals surface area (Å²) in [7, 11) is 0. The first kappa shape index (κ1) is 10.1. The second kappa shape index (κ2) is 3.97. The summed E-state index contributed by atoms with van der Waals surface area (Å²) in [6.07, 6.45) is 4.25. The van der Waals surface area contributed by atoms with Crippen molar-refractivity contribution in [2.24, 2.45) is 5.41 Å². The standard InChI is InChI=1S/C13H14O2/c14-10-13(8-4-5-9-13)12(15)11-6-2-1-3-7-11/h1-3,6-7,10H,4-5,8-9H2. The van der Waals surface area contributed by atoms with Gasteiger partial charge in [-0.1, -0.05) is 43.2 Å². The monoisotopic (exact) mass is 202 g/mol. The average Bonchev–Trinajstić information content (AvgIpc) is 2.79. The van der Waals surface area contributed by atoms with Crippen molar-refractivity contribution in [3.63, 3.8) is 0 Å². The maximum atomic E-state index is 12.2. The molecule has 0 spiro atoms. The van der Waals surface area contributed by atoms with Crippen molar-refractivity contribution in [2.75, 3.05) is 0 Å². The van der Waals surface area contributed by atoms with Crippen molar-refractivity contribution in [2.45, 2.75) is 25.7 Å². The molecule has 1 aliphatic rings. The van der Waals surface area contributed by atoms with Crippen LogP contribution in [0.4, 0.5) is 0 Å². The molecule has 15 heavy (non-hydrogen) atoms. The number of carbonyl (C=O) groups excluding carboxylic acids is 2. The Balaban J connectivity index is 2.30. The zero-order chi connectivity index (χ0) is 10.7. The van der Waals surface area contributed by atoms with Crippen LogP contribution in [0.3, 0.4) is 0 Å². The van der Waals surface area contributed by atoms with Crippen LogP contribution in [0.25, 0.3) is 0 Å². The molecule has 0 saturated heterocycles. The van der Waals surface area contributed by atoms with Crippen molar-refractivity contribution in [3.8, 4) is 0 Å². The summed E-state index contributed by atoms with van der Waals surface area (Å²) in [6.45, 7) is 0. The highest BCUT2D eigenvalue weighted by Crippen LogP contribution is 2.38. The molecule has 0 bridgehead atoms. The van der Waals surface area contributed by atoms with Crippen LogP contribution < -0.4 is 0 Å². The fourth-order valence-electron chi connectivity index (χ4n) is 2.28. The van der Waals surface area contributed by atoms with Crippen LogP contribution in [0.2, 0.25) is 0 Å². The summed E-state index contributed by atoms with van der Waals surface area (Å²) in [6, 6.07) is 9.11. The Kier molecular flexibility index (Phi) is 2.67. The van der Waals surface area contributed by atoms with Crippen molar-refractivity contribution >= 4 is 12.1 Å². The van der Waals surface area contributed by atoms with Gasteiger partial charge in [-0.2, -0.15) is 0 Å². The van der Waals surface area contributed by atoms with E-state index >= 15 is 0 Å². The first-order valence-corrected chi connectivity index (χ1v) is 5.35. The minimum Gasteiger partial charge on any atom is -0.302 e. The van der Waals surface area contributed by atoms with E-state index in [9.17, 15) is 9.59 Å². The van der Waals surface area contributed by atoms with Gasteiger partial charge in [0.15, 0.2) is 5.78 Å². The summed E-state index contributed by atoms with van der Waals surface area (Å²) < 4.78 is 0. The maximum absolute atomic E-state index is 12.2. The number of benzene rings is 1. The van der Waals surface area contributed by atoms with Gasteiger partial charge < -0.3 is 4.79 Å². The van der Waals surface area contributed by atoms with Crippen molar-refractivity contribution in [1.29, 1.82) is 0 Å². The number of aldehydes is 1. The Morgan fingerprint density at radius 2 is 1.73 bits per heavy atom. The van der Waals surface area contributed by atoms with Gasteiger partial charge in [-0.3, -0.25) is 4.79 Å². The summed E-state index contributed by atoms with van der Waals surface area (Å²) in [4.78, 5) is 23.3. The molecule has 0 N–H and O–H groups in total. The van der Waals surface area contributed by atoms with Crippen LogP contribution in [0.15, 0.2) is 30.3 Å². The third-order valence-electron chi connectivity index (χ3n) is 3.21. The number of ketones is 1. The van der Waals surface area contributed by atoms with Gasteiger partial charge in [0.1, 0.15) is 6.29 Å². The third kappa shape index (κ3) is 1.72. The minimum absolute atomic E-state index is 0.00407. The first-order chi connectivity index (χ1) is 7.28. The second-order valence-electron chi connectivity index (χ2n) is 4.18. The van der Waals surface area contributed by atoms with Crippen LogP contribution in [0, 0.1) is 5.41 Å². The zero-order valence-corrected chi connectivity index (χ0v) is 8.61. The van der Waals surface area contributed by atoms with Crippen molar-refractivity contribution in [3.05, 3.63) is 35.9 Å². The van der Waals surface area contributed by atoms with Crippen LogP contribution in [-0.4, -0.2) is 12.1 Å². The predicted octanol–water partition coefficient (Wildman–Crippen LogP) is 2.63. The maximum Gasteiger partial charge on any atom is 0.176 e. The molecule has 0 radical (unpaired) electrons. The van der Waals surface area contributed by atoms with E-state index in [1.807, 2.05) is 18.2 Å². The molecule has 2 nitrogen and oxygen atoms in total. The molecule has 1 aromatic rings. The number of hydrogen-bond acceptors (Lipinski definition) is 2. The summed E-state index contributed by atoms with van der Waals surface area (Å²) in [5, 5.41) is 0. The smallest absolute Gasteiger partial charge is 0.176 e. The highest BCUT2D eigenvalue weighted by atomic mass is 16.1. The molecule has 1 saturated carbocycles. The highest BCUT2D eigenvalue weighted by Gasteiger charge is 2.41. The molecular weight excluding hydrogens is 188 g/mol. The summed E-state index contributed by atoms with van der Waals surface area (Å²) in [5.41, 5.74) is -0.0621. The van der Waals surface area contributed by atoms with Crippen LogP contribution in [0.1, 0.15) is 36.0 Å². The fraction of sp³-hybridized carbons (Fsp3) is 0.385. The van der Waals surface area contributed by atoms with Crippen LogP contribution in [-0.2, 0) is 4.79 Å². The molecule has 0 aliphatic heterocycles. The lowest BCUT2D eigenvalue weighted by atomic mass is 9.80. The van der Waals surface area contributed by atoms with Gasteiger partial charge in [0.25, 0.3) is 0 Å². The van der Waals surface area contributed by atoms with Gasteiger partial charge in [-0.05, 0) is 12.8 Å². The first-order valence-electron chi connectivity index (χ1n) is 5.35. The molecule has 0 atom stereocenters. The summed E-state index contributed by atoms with van der Waals surface area (Å²) in [5.74, 6) is -0.00407.